The normalized spacial score (nSPS) is 19.2. The number of aliphatic imine (C=N–C) groups is 1. The summed E-state index contributed by atoms with van der Waals surface area (Å²) in [5.41, 5.74) is -0.426. The molecular formula is C15H31IN4O2. The lowest BCUT2D eigenvalue weighted by atomic mass is 9.95. The number of amides is 1. The molecule has 1 rings (SSSR count). The van der Waals surface area contributed by atoms with Crippen LogP contribution in [0.3, 0.4) is 0 Å². The van der Waals surface area contributed by atoms with Gasteiger partial charge in [-0.3, -0.25) is 4.99 Å². The van der Waals surface area contributed by atoms with Crippen LogP contribution in [0.5, 0.6) is 0 Å². The molecule has 22 heavy (non-hydrogen) atoms. The Morgan fingerprint density at radius 2 is 2.09 bits per heavy atom. The zero-order valence-electron chi connectivity index (χ0n) is 14.4. The van der Waals surface area contributed by atoms with E-state index in [4.69, 9.17) is 4.74 Å². The largest absolute Gasteiger partial charge is 0.444 e. The maximum Gasteiger partial charge on any atom is 0.410 e. The molecule has 1 aliphatic rings. The zero-order chi connectivity index (χ0) is 15.9. The highest BCUT2D eigenvalue weighted by Gasteiger charge is 2.27. The first kappa shape index (κ1) is 21.3. The monoisotopic (exact) mass is 426 g/mol. The highest BCUT2D eigenvalue weighted by atomic mass is 127. The van der Waals surface area contributed by atoms with Gasteiger partial charge in [-0.1, -0.05) is 0 Å². The van der Waals surface area contributed by atoms with Crippen LogP contribution < -0.4 is 10.6 Å². The van der Waals surface area contributed by atoms with E-state index in [2.05, 4.69) is 15.6 Å². The minimum Gasteiger partial charge on any atom is -0.444 e. The van der Waals surface area contributed by atoms with E-state index in [9.17, 15) is 4.79 Å². The molecule has 1 amide bonds. The SMILES string of the molecule is CN=C(NC)NCCC1CCCN(C(=O)OC(C)(C)C)C1.I. The number of guanidine groups is 1. The van der Waals surface area contributed by atoms with Gasteiger partial charge in [-0.2, -0.15) is 0 Å². The Morgan fingerprint density at radius 1 is 1.41 bits per heavy atom. The third kappa shape index (κ3) is 8.05. The highest BCUT2D eigenvalue weighted by Crippen LogP contribution is 2.21. The predicted octanol–water partition coefficient (Wildman–Crippen LogP) is 2.44. The van der Waals surface area contributed by atoms with Gasteiger partial charge in [-0.15, -0.1) is 24.0 Å². The van der Waals surface area contributed by atoms with Crippen LogP contribution >= 0.6 is 24.0 Å². The summed E-state index contributed by atoms with van der Waals surface area (Å²) < 4.78 is 5.45. The molecule has 0 aliphatic carbocycles. The smallest absolute Gasteiger partial charge is 0.410 e. The molecule has 1 saturated heterocycles. The lowest BCUT2D eigenvalue weighted by molar-refractivity contribution is 0.0162. The quantitative estimate of drug-likeness (QED) is 0.414. The fraction of sp³-hybridized carbons (Fsp3) is 0.867. The Hall–Kier alpha value is -0.730. The molecule has 1 heterocycles. The summed E-state index contributed by atoms with van der Waals surface area (Å²) in [6.45, 7) is 8.16. The first-order chi connectivity index (χ1) is 9.85. The Kier molecular flexibility index (Phi) is 9.79. The van der Waals surface area contributed by atoms with Gasteiger partial charge in [0.2, 0.25) is 0 Å². The topological polar surface area (TPSA) is 66.0 Å². The summed E-state index contributed by atoms with van der Waals surface area (Å²) in [5, 5.41) is 6.25. The number of nitrogens with one attached hydrogen (secondary N) is 2. The first-order valence-corrected chi connectivity index (χ1v) is 7.72. The highest BCUT2D eigenvalue weighted by molar-refractivity contribution is 14.0. The number of hydrogen-bond acceptors (Lipinski definition) is 3. The van der Waals surface area contributed by atoms with Crippen LogP contribution in [-0.2, 0) is 4.74 Å². The number of hydrogen-bond donors (Lipinski definition) is 2. The van der Waals surface area contributed by atoms with Gasteiger partial charge in [0, 0.05) is 33.7 Å². The van der Waals surface area contributed by atoms with Crippen LogP contribution in [0.2, 0.25) is 0 Å². The molecule has 1 aliphatic heterocycles. The van der Waals surface area contributed by atoms with Crippen LogP contribution in [0.4, 0.5) is 4.79 Å². The van der Waals surface area contributed by atoms with Crippen molar-refractivity contribution in [3.63, 3.8) is 0 Å². The number of nitrogens with zero attached hydrogens (tertiary/aromatic N) is 2. The fourth-order valence-electron chi connectivity index (χ4n) is 2.47. The van der Waals surface area contributed by atoms with Crippen LogP contribution in [0, 0.1) is 5.92 Å². The van der Waals surface area contributed by atoms with Gasteiger partial charge in [-0.25, -0.2) is 4.79 Å². The second kappa shape index (κ2) is 10.1. The molecule has 0 aromatic heterocycles. The van der Waals surface area contributed by atoms with E-state index in [-0.39, 0.29) is 30.1 Å². The average molecular weight is 426 g/mol. The van der Waals surface area contributed by atoms with E-state index in [1.807, 2.05) is 32.7 Å². The second-order valence-corrected chi connectivity index (χ2v) is 6.47. The maximum absolute atomic E-state index is 12.1. The minimum absolute atomic E-state index is 0. The van der Waals surface area contributed by atoms with Gasteiger partial charge in [0.15, 0.2) is 5.96 Å². The molecule has 7 heteroatoms. The summed E-state index contributed by atoms with van der Waals surface area (Å²) in [6, 6.07) is 0. The average Bonchev–Trinajstić information content (AvgIpc) is 2.42. The second-order valence-electron chi connectivity index (χ2n) is 6.47. The maximum atomic E-state index is 12.1. The van der Waals surface area contributed by atoms with Crippen LogP contribution in [0.15, 0.2) is 4.99 Å². The molecule has 2 N–H and O–H groups in total. The Morgan fingerprint density at radius 3 is 2.64 bits per heavy atom. The van der Waals surface area contributed by atoms with Crippen molar-refractivity contribution in [1.82, 2.24) is 15.5 Å². The van der Waals surface area contributed by atoms with Gasteiger partial charge in [0.1, 0.15) is 5.60 Å². The number of ether oxygens (including phenoxy) is 1. The predicted molar refractivity (Wildman–Crippen MR) is 101 cm³/mol. The fourth-order valence-corrected chi connectivity index (χ4v) is 2.47. The Balaban J connectivity index is 0.00000441. The molecule has 1 atom stereocenters. The number of likely N-dealkylation sites (tertiary alicyclic amines) is 1. The number of carbonyl (C=O) groups is 1. The van der Waals surface area contributed by atoms with Gasteiger partial charge in [0.25, 0.3) is 0 Å². The van der Waals surface area contributed by atoms with E-state index in [1.54, 1.807) is 7.05 Å². The van der Waals surface area contributed by atoms with Gasteiger partial charge >= 0.3 is 6.09 Å². The summed E-state index contributed by atoms with van der Waals surface area (Å²) in [7, 11) is 3.60. The van der Waals surface area contributed by atoms with Crippen LogP contribution in [0.1, 0.15) is 40.0 Å². The molecule has 0 bridgehead atoms. The lowest BCUT2D eigenvalue weighted by Crippen LogP contribution is -2.44. The molecular weight excluding hydrogens is 395 g/mol. The molecule has 1 fully saturated rings. The van der Waals surface area contributed by atoms with Crippen molar-refractivity contribution in [3.8, 4) is 0 Å². The number of piperidine rings is 1. The van der Waals surface area contributed by atoms with Crippen molar-refractivity contribution in [1.29, 1.82) is 0 Å². The molecule has 1 unspecified atom stereocenters. The van der Waals surface area contributed by atoms with Gasteiger partial charge < -0.3 is 20.3 Å². The molecule has 0 spiro atoms. The van der Waals surface area contributed by atoms with Crippen molar-refractivity contribution >= 4 is 36.0 Å². The van der Waals surface area contributed by atoms with E-state index >= 15 is 0 Å². The molecule has 0 aromatic carbocycles. The molecule has 6 nitrogen and oxygen atoms in total. The van der Waals surface area contributed by atoms with Gasteiger partial charge in [-0.05, 0) is 46.0 Å². The van der Waals surface area contributed by atoms with E-state index < -0.39 is 5.60 Å². The van der Waals surface area contributed by atoms with E-state index in [1.165, 1.54) is 6.42 Å². The van der Waals surface area contributed by atoms with Crippen LogP contribution in [-0.4, -0.2) is 56.3 Å². The number of halogens is 1. The lowest BCUT2D eigenvalue weighted by Gasteiger charge is -2.34. The van der Waals surface area contributed by atoms with Crippen LogP contribution in [0.25, 0.3) is 0 Å². The third-order valence-corrected chi connectivity index (χ3v) is 3.48. The van der Waals surface area contributed by atoms with E-state index in [0.29, 0.717) is 5.92 Å². The van der Waals surface area contributed by atoms with Crippen molar-refractivity contribution in [2.24, 2.45) is 10.9 Å². The molecule has 130 valence electrons. The molecule has 0 radical (unpaired) electrons. The summed E-state index contributed by atoms with van der Waals surface area (Å²) in [6.07, 6.45) is 3.05. The third-order valence-electron chi connectivity index (χ3n) is 3.48. The van der Waals surface area contributed by atoms with E-state index in [0.717, 1.165) is 38.4 Å². The zero-order valence-corrected chi connectivity index (χ0v) is 16.8. The summed E-state index contributed by atoms with van der Waals surface area (Å²) >= 11 is 0. The number of rotatable bonds is 3. The summed E-state index contributed by atoms with van der Waals surface area (Å²) in [4.78, 5) is 18.0. The Labute approximate surface area is 151 Å². The minimum atomic E-state index is -0.426. The van der Waals surface area contributed by atoms with Crippen molar-refractivity contribution in [3.05, 3.63) is 0 Å². The van der Waals surface area contributed by atoms with Gasteiger partial charge in [0.05, 0.1) is 0 Å². The summed E-state index contributed by atoms with van der Waals surface area (Å²) in [5.74, 6) is 1.32. The number of carbonyl (C=O) groups excluding carboxylic acids is 1. The molecule has 0 saturated carbocycles. The standard InChI is InChI=1S/C15H30N4O2.HI/c1-15(2,3)21-14(20)19-10-6-7-12(11-19)8-9-18-13(16-4)17-5;/h12H,6-11H2,1-5H3,(H2,16,17,18);1H. The molecule has 0 aromatic rings. The van der Waals surface area contributed by atoms with Crippen molar-refractivity contribution in [2.75, 3.05) is 33.7 Å². The Bertz CT molecular complexity index is 369. The first-order valence-electron chi connectivity index (χ1n) is 7.72. The van der Waals surface area contributed by atoms with Crippen molar-refractivity contribution < 1.29 is 9.53 Å². The van der Waals surface area contributed by atoms with Crippen molar-refractivity contribution in [2.45, 2.75) is 45.6 Å².